The lowest BCUT2D eigenvalue weighted by Crippen LogP contribution is -2.24. The molecule has 6 nitrogen and oxygen atoms in total. The van der Waals surface area contributed by atoms with Crippen LogP contribution in [-0.2, 0) is 16.6 Å². The fourth-order valence-electron chi connectivity index (χ4n) is 1.55. The molecule has 0 bridgehead atoms. The molecule has 0 saturated heterocycles. The lowest BCUT2D eigenvalue weighted by Gasteiger charge is -2.07. The summed E-state index contributed by atoms with van der Waals surface area (Å²) < 4.78 is 26.5. The molecule has 2 aromatic rings. The third-order valence-corrected chi connectivity index (χ3v) is 3.85. The van der Waals surface area contributed by atoms with Gasteiger partial charge >= 0.3 is 0 Å². The lowest BCUT2D eigenvalue weighted by atomic mass is 10.3. The highest BCUT2D eigenvalue weighted by Crippen LogP contribution is 2.10. The highest BCUT2D eigenvalue weighted by Gasteiger charge is 2.14. The van der Waals surface area contributed by atoms with E-state index in [1.54, 1.807) is 6.07 Å². The van der Waals surface area contributed by atoms with Crippen LogP contribution in [0.3, 0.4) is 0 Å². The summed E-state index contributed by atoms with van der Waals surface area (Å²) in [6.45, 7) is 1.98. The Morgan fingerprint density at radius 2 is 2.11 bits per heavy atom. The Morgan fingerprint density at radius 3 is 2.79 bits per heavy atom. The molecular weight excluding hydrogens is 264 g/mol. The maximum atomic E-state index is 12.0. The van der Waals surface area contributed by atoms with Gasteiger partial charge in [-0.1, -0.05) is 6.07 Å². The average Bonchev–Trinajstić information content (AvgIpc) is 2.37. The molecule has 19 heavy (non-hydrogen) atoms. The van der Waals surface area contributed by atoms with Gasteiger partial charge in [0.1, 0.15) is 5.82 Å². The van der Waals surface area contributed by atoms with E-state index in [9.17, 15) is 8.42 Å². The van der Waals surface area contributed by atoms with E-state index in [4.69, 9.17) is 5.73 Å². The monoisotopic (exact) mass is 278 g/mol. The van der Waals surface area contributed by atoms with E-state index in [2.05, 4.69) is 14.7 Å². The zero-order valence-corrected chi connectivity index (χ0v) is 11.2. The number of nitrogens with one attached hydrogen (secondary N) is 1. The van der Waals surface area contributed by atoms with Crippen LogP contribution in [0.1, 0.15) is 11.4 Å². The molecule has 0 unspecified atom stereocenters. The summed E-state index contributed by atoms with van der Waals surface area (Å²) in [5.74, 6) is 0.163. The highest BCUT2D eigenvalue weighted by atomic mass is 32.2. The number of nitrogens with two attached hydrogens (primary N) is 1. The van der Waals surface area contributed by atoms with Crippen LogP contribution in [0.25, 0.3) is 0 Å². The normalized spacial score (nSPS) is 11.4. The van der Waals surface area contributed by atoms with Crippen LogP contribution in [0.5, 0.6) is 0 Å². The van der Waals surface area contributed by atoms with E-state index in [-0.39, 0.29) is 17.3 Å². The van der Waals surface area contributed by atoms with Crippen molar-refractivity contribution in [2.75, 3.05) is 5.73 Å². The number of hydrogen-bond donors (Lipinski definition) is 2. The standard InChI is InChI=1S/C12H14N4O2S/c1-9-3-2-4-10(16-9)8-15-19(17,18)11-5-6-14-12(13)7-11/h2-7,15H,8H2,1H3,(H2,13,14). The first kappa shape index (κ1) is 13.4. The zero-order valence-electron chi connectivity index (χ0n) is 10.4. The summed E-state index contributed by atoms with van der Waals surface area (Å²) in [6.07, 6.45) is 1.36. The maximum absolute atomic E-state index is 12.0. The van der Waals surface area contributed by atoms with Crippen molar-refractivity contribution in [3.8, 4) is 0 Å². The maximum Gasteiger partial charge on any atom is 0.241 e. The number of nitrogens with zero attached hydrogens (tertiary/aromatic N) is 2. The van der Waals surface area contributed by atoms with Gasteiger partial charge in [-0.15, -0.1) is 0 Å². The number of aryl methyl sites for hydroxylation is 1. The first-order valence-electron chi connectivity index (χ1n) is 5.61. The summed E-state index contributed by atoms with van der Waals surface area (Å²) in [5, 5.41) is 0. The molecule has 3 N–H and O–H groups in total. The second-order valence-corrected chi connectivity index (χ2v) is 5.78. The van der Waals surface area contributed by atoms with Crippen molar-refractivity contribution in [3.63, 3.8) is 0 Å². The Labute approximate surface area is 111 Å². The van der Waals surface area contributed by atoms with Crippen molar-refractivity contribution in [3.05, 3.63) is 47.9 Å². The number of aromatic nitrogens is 2. The summed E-state index contributed by atoms with van der Waals surface area (Å²) in [7, 11) is -3.60. The fourth-order valence-corrected chi connectivity index (χ4v) is 2.57. The van der Waals surface area contributed by atoms with Crippen LogP contribution in [0, 0.1) is 6.92 Å². The van der Waals surface area contributed by atoms with Gasteiger partial charge in [-0.2, -0.15) is 0 Å². The van der Waals surface area contributed by atoms with E-state index >= 15 is 0 Å². The van der Waals surface area contributed by atoms with E-state index in [1.807, 2.05) is 19.1 Å². The average molecular weight is 278 g/mol. The second kappa shape index (κ2) is 5.33. The Bertz CT molecular complexity index is 686. The third kappa shape index (κ3) is 3.49. The molecule has 0 atom stereocenters. The summed E-state index contributed by atoms with van der Waals surface area (Å²) in [4.78, 5) is 8.07. The van der Waals surface area contributed by atoms with Crippen molar-refractivity contribution in [1.29, 1.82) is 0 Å². The summed E-state index contributed by atoms with van der Waals surface area (Å²) in [6, 6.07) is 8.14. The molecule has 0 radical (unpaired) electrons. The van der Waals surface area contributed by atoms with Crippen molar-refractivity contribution in [2.24, 2.45) is 0 Å². The molecule has 0 aliphatic heterocycles. The molecule has 7 heteroatoms. The third-order valence-electron chi connectivity index (χ3n) is 2.45. The number of sulfonamides is 1. The van der Waals surface area contributed by atoms with Crippen molar-refractivity contribution in [1.82, 2.24) is 14.7 Å². The predicted octanol–water partition coefficient (Wildman–Crippen LogP) is 0.846. The molecule has 0 amide bonds. The number of pyridine rings is 2. The van der Waals surface area contributed by atoms with Gasteiger partial charge in [-0.3, -0.25) is 4.98 Å². The van der Waals surface area contributed by atoms with Gasteiger partial charge in [-0.05, 0) is 25.1 Å². The minimum atomic E-state index is -3.60. The van der Waals surface area contributed by atoms with Crippen LogP contribution in [0.4, 0.5) is 5.82 Å². The topological polar surface area (TPSA) is 98.0 Å². The fraction of sp³-hybridized carbons (Fsp3) is 0.167. The van der Waals surface area contributed by atoms with Gasteiger partial charge in [0.05, 0.1) is 17.1 Å². The number of anilines is 1. The molecular formula is C12H14N4O2S. The second-order valence-electron chi connectivity index (χ2n) is 4.01. The Morgan fingerprint density at radius 1 is 1.32 bits per heavy atom. The van der Waals surface area contributed by atoms with Gasteiger partial charge < -0.3 is 5.73 Å². The molecule has 0 aliphatic rings. The van der Waals surface area contributed by atoms with Gasteiger partial charge in [0.2, 0.25) is 10.0 Å². The summed E-state index contributed by atoms with van der Waals surface area (Å²) in [5.41, 5.74) is 6.96. The lowest BCUT2D eigenvalue weighted by molar-refractivity contribution is 0.580. The van der Waals surface area contributed by atoms with Crippen molar-refractivity contribution in [2.45, 2.75) is 18.4 Å². The predicted molar refractivity (Wildman–Crippen MR) is 71.6 cm³/mol. The molecule has 100 valence electrons. The Kier molecular flexibility index (Phi) is 3.77. The molecule has 2 heterocycles. The molecule has 2 aromatic heterocycles. The van der Waals surface area contributed by atoms with Crippen LogP contribution in [0.15, 0.2) is 41.4 Å². The largest absolute Gasteiger partial charge is 0.384 e. The first-order valence-corrected chi connectivity index (χ1v) is 7.09. The van der Waals surface area contributed by atoms with Crippen LogP contribution in [-0.4, -0.2) is 18.4 Å². The minimum absolute atomic E-state index is 0.0904. The van der Waals surface area contributed by atoms with Crippen molar-refractivity contribution >= 4 is 15.8 Å². The number of rotatable bonds is 4. The number of hydrogen-bond acceptors (Lipinski definition) is 5. The highest BCUT2D eigenvalue weighted by molar-refractivity contribution is 7.89. The molecule has 0 aliphatic carbocycles. The van der Waals surface area contributed by atoms with Gasteiger partial charge in [-0.25, -0.2) is 18.1 Å². The van der Waals surface area contributed by atoms with E-state index in [0.29, 0.717) is 5.69 Å². The molecule has 0 aromatic carbocycles. The van der Waals surface area contributed by atoms with Gasteiger partial charge in [0.25, 0.3) is 0 Å². The van der Waals surface area contributed by atoms with E-state index in [0.717, 1.165) is 5.69 Å². The zero-order chi connectivity index (χ0) is 13.9. The van der Waals surface area contributed by atoms with E-state index < -0.39 is 10.0 Å². The van der Waals surface area contributed by atoms with Crippen LogP contribution in [0.2, 0.25) is 0 Å². The molecule has 0 fully saturated rings. The molecule has 2 rings (SSSR count). The van der Waals surface area contributed by atoms with E-state index in [1.165, 1.54) is 18.3 Å². The SMILES string of the molecule is Cc1cccc(CNS(=O)(=O)c2ccnc(N)c2)n1. The number of nitrogen functional groups attached to an aromatic ring is 1. The van der Waals surface area contributed by atoms with Crippen LogP contribution < -0.4 is 10.5 Å². The smallest absolute Gasteiger partial charge is 0.241 e. The summed E-state index contributed by atoms with van der Waals surface area (Å²) >= 11 is 0. The molecule has 0 saturated carbocycles. The van der Waals surface area contributed by atoms with Gasteiger partial charge in [0.15, 0.2) is 0 Å². The quantitative estimate of drug-likeness (QED) is 0.863. The Hall–Kier alpha value is -1.99. The Balaban J connectivity index is 2.14. The minimum Gasteiger partial charge on any atom is -0.384 e. The van der Waals surface area contributed by atoms with Gasteiger partial charge in [0, 0.05) is 18.0 Å². The first-order chi connectivity index (χ1) is 8.97. The van der Waals surface area contributed by atoms with Crippen molar-refractivity contribution < 1.29 is 8.42 Å². The molecule has 0 spiro atoms. The van der Waals surface area contributed by atoms with Crippen LogP contribution >= 0.6 is 0 Å².